The molecular weight excluding hydrogens is 230 g/mol. The van der Waals surface area contributed by atoms with Crippen LogP contribution in [0.5, 0.6) is 5.75 Å². The van der Waals surface area contributed by atoms with Crippen molar-refractivity contribution in [1.29, 1.82) is 0 Å². The number of ether oxygens (including phenoxy) is 1. The fourth-order valence-electron chi connectivity index (χ4n) is 1.33. The first-order valence-corrected chi connectivity index (χ1v) is 5.18. The number of nitrogens with zero attached hydrogens (tertiary/aromatic N) is 1. The summed E-state index contributed by atoms with van der Waals surface area (Å²) in [6.07, 6.45) is 2.59. The Balaban J connectivity index is 2.28. The summed E-state index contributed by atoms with van der Waals surface area (Å²) in [5.74, 6) is -0.554. The van der Waals surface area contributed by atoms with Crippen molar-refractivity contribution >= 4 is 11.6 Å². The fraction of sp³-hybridized carbons (Fsp3) is 0.0769. The number of pyridine rings is 1. The number of carbonyl (C=O) groups excluding carboxylic acids is 1. The van der Waals surface area contributed by atoms with Gasteiger partial charge in [0.05, 0.1) is 14.5 Å². The van der Waals surface area contributed by atoms with E-state index in [0.717, 1.165) is 0 Å². The third-order valence-corrected chi connectivity index (χ3v) is 2.17. The smallest absolute Gasteiger partial charge is 0.250 e. The molecule has 2 rings (SSSR count). The van der Waals surface area contributed by atoms with Crippen LogP contribution in [0.15, 0.2) is 42.7 Å². The highest BCUT2D eigenvalue weighted by Gasteiger charge is 2.03. The van der Waals surface area contributed by atoms with E-state index in [0.29, 0.717) is 5.69 Å². The Labute approximate surface area is 107 Å². The molecule has 1 aromatic carbocycles. The van der Waals surface area contributed by atoms with E-state index in [4.69, 9.17) is 18.9 Å². The first-order chi connectivity index (χ1) is 9.38. The largest absolute Gasteiger partial charge is 0.487 e. The van der Waals surface area contributed by atoms with E-state index in [-0.39, 0.29) is 16.9 Å². The van der Waals surface area contributed by atoms with Gasteiger partial charge in [-0.1, -0.05) is 12.1 Å². The lowest BCUT2D eigenvalue weighted by molar-refractivity contribution is 0.0999. The molecule has 0 unspecified atom stereocenters. The van der Waals surface area contributed by atoms with Gasteiger partial charge in [-0.2, -0.15) is 0 Å². The lowest BCUT2D eigenvalue weighted by Crippen LogP contribution is -2.11. The zero-order chi connectivity index (χ0) is 14.8. The molecule has 0 aliphatic heterocycles. The average molecular weight is 245 g/mol. The molecule has 1 amide bonds. The molecule has 4 N–H and O–H groups in total. The minimum absolute atomic E-state index is 0.105. The predicted octanol–water partition coefficient (Wildman–Crippen LogP) is 1.34. The highest BCUT2D eigenvalue weighted by molar-refractivity contribution is 5.92. The third kappa shape index (κ3) is 2.98. The third-order valence-electron chi connectivity index (χ3n) is 2.17. The molecule has 2 aromatic rings. The van der Waals surface area contributed by atoms with E-state index >= 15 is 0 Å². The van der Waals surface area contributed by atoms with Gasteiger partial charge in [0.15, 0.2) is 0 Å². The summed E-state index contributed by atoms with van der Waals surface area (Å²) in [7, 11) is 0. The maximum absolute atomic E-state index is 11.0. The fourth-order valence-corrected chi connectivity index (χ4v) is 1.33. The van der Waals surface area contributed by atoms with E-state index in [9.17, 15) is 4.79 Å². The summed E-state index contributed by atoms with van der Waals surface area (Å²) >= 11 is 0. The molecule has 0 saturated carbocycles. The number of nitrogen functional groups attached to an aromatic ring is 1. The molecule has 1 heterocycles. The van der Waals surface area contributed by atoms with Crippen molar-refractivity contribution in [1.82, 2.24) is 4.98 Å². The lowest BCUT2D eigenvalue weighted by Gasteiger charge is -2.07. The number of aromatic nitrogens is 1. The standard InChI is InChI=1S/C13H13N3O2/c14-11-3-1-2-9(4-11)8-18-12-5-10(13(15)17)6-16-7-12/h1-7H,8,14H2,(H2,15,17)/i8D2. The molecule has 0 bridgehead atoms. The summed E-state index contributed by atoms with van der Waals surface area (Å²) in [5, 5.41) is 0. The zero-order valence-electron chi connectivity index (χ0n) is 11.5. The first-order valence-electron chi connectivity index (χ1n) is 6.18. The molecule has 0 atom stereocenters. The molecule has 1 aromatic heterocycles. The summed E-state index contributed by atoms with van der Waals surface area (Å²) in [6, 6.07) is 7.64. The lowest BCUT2D eigenvalue weighted by atomic mass is 10.2. The number of hydrogen-bond donors (Lipinski definition) is 2. The van der Waals surface area contributed by atoms with Gasteiger partial charge in [-0.25, -0.2) is 0 Å². The van der Waals surface area contributed by atoms with Gasteiger partial charge < -0.3 is 16.2 Å². The van der Waals surface area contributed by atoms with Crippen LogP contribution in [0.2, 0.25) is 0 Å². The van der Waals surface area contributed by atoms with E-state index < -0.39 is 12.5 Å². The maximum atomic E-state index is 11.0. The Morgan fingerprint density at radius 2 is 2.22 bits per heavy atom. The van der Waals surface area contributed by atoms with E-state index in [1.807, 2.05) is 0 Å². The number of anilines is 1. The summed E-state index contributed by atoms with van der Waals surface area (Å²) < 4.78 is 21.1. The molecule has 5 heteroatoms. The van der Waals surface area contributed by atoms with E-state index in [2.05, 4.69) is 4.98 Å². The number of amides is 1. The molecular formula is C13H13N3O2. The van der Waals surface area contributed by atoms with Gasteiger partial charge in [-0.3, -0.25) is 9.78 Å². The van der Waals surface area contributed by atoms with Crippen molar-refractivity contribution in [2.75, 3.05) is 5.73 Å². The van der Waals surface area contributed by atoms with Crippen molar-refractivity contribution in [2.24, 2.45) is 5.73 Å². The molecule has 18 heavy (non-hydrogen) atoms. The molecule has 0 aliphatic carbocycles. The van der Waals surface area contributed by atoms with Gasteiger partial charge in [0, 0.05) is 11.9 Å². The van der Waals surface area contributed by atoms with Crippen LogP contribution in [0.3, 0.4) is 0 Å². The maximum Gasteiger partial charge on any atom is 0.250 e. The second-order valence-electron chi connectivity index (χ2n) is 3.60. The second-order valence-corrected chi connectivity index (χ2v) is 3.60. The van der Waals surface area contributed by atoms with Crippen LogP contribution in [-0.4, -0.2) is 10.9 Å². The number of benzene rings is 1. The molecule has 92 valence electrons. The number of rotatable bonds is 4. The van der Waals surface area contributed by atoms with Crippen LogP contribution < -0.4 is 16.2 Å². The summed E-state index contributed by atoms with van der Waals surface area (Å²) in [4.78, 5) is 14.8. The van der Waals surface area contributed by atoms with Gasteiger partial charge in [0.25, 0.3) is 0 Å². The zero-order valence-corrected chi connectivity index (χ0v) is 9.46. The van der Waals surface area contributed by atoms with E-state index in [1.54, 1.807) is 18.2 Å². The number of primary amides is 1. The van der Waals surface area contributed by atoms with Crippen LogP contribution >= 0.6 is 0 Å². The van der Waals surface area contributed by atoms with Crippen molar-refractivity contribution in [3.05, 3.63) is 53.9 Å². The Morgan fingerprint density at radius 3 is 2.94 bits per heavy atom. The number of carbonyl (C=O) groups is 1. The first kappa shape index (κ1) is 9.47. The van der Waals surface area contributed by atoms with Crippen LogP contribution in [-0.2, 0) is 6.56 Å². The Morgan fingerprint density at radius 1 is 1.39 bits per heavy atom. The average Bonchev–Trinajstić information content (AvgIpc) is 2.38. The number of hydrogen-bond acceptors (Lipinski definition) is 4. The van der Waals surface area contributed by atoms with E-state index in [1.165, 1.54) is 24.5 Å². The monoisotopic (exact) mass is 245 g/mol. The minimum Gasteiger partial charge on any atom is -0.487 e. The summed E-state index contributed by atoms with van der Waals surface area (Å²) in [6.45, 7) is -2.10. The highest BCUT2D eigenvalue weighted by atomic mass is 16.5. The van der Waals surface area contributed by atoms with Crippen molar-refractivity contribution in [3.63, 3.8) is 0 Å². The van der Waals surface area contributed by atoms with Crippen molar-refractivity contribution < 1.29 is 12.3 Å². The Bertz CT molecular complexity index is 647. The summed E-state index contributed by atoms with van der Waals surface area (Å²) in [5.41, 5.74) is 11.6. The quantitative estimate of drug-likeness (QED) is 0.795. The van der Waals surface area contributed by atoms with Crippen molar-refractivity contribution in [3.8, 4) is 5.75 Å². The molecule has 5 nitrogen and oxygen atoms in total. The SMILES string of the molecule is [2H]C([2H])(Oc1cncc(C(N)=O)c1)c1cccc(N)c1. The Kier molecular flexibility index (Phi) is 2.72. The Hall–Kier alpha value is -2.56. The van der Waals surface area contributed by atoms with Crippen LogP contribution in [0, 0.1) is 0 Å². The minimum atomic E-state index is -2.10. The topological polar surface area (TPSA) is 91.2 Å². The van der Waals surface area contributed by atoms with Crippen molar-refractivity contribution in [2.45, 2.75) is 6.56 Å². The molecule has 0 saturated heterocycles. The van der Waals surface area contributed by atoms with Gasteiger partial charge in [-0.15, -0.1) is 0 Å². The van der Waals surface area contributed by atoms with Crippen LogP contribution in [0.1, 0.15) is 18.7 Å². The predicted molar refractivity (Wildman–Crippen MR) is 67.9 cm³/mol. The van der Waals surface area contributed by atoms with Crippen LogP contribution in [0.4, 0.5) is 5.69 Å². The van der Waals surface area contributed by atoms with Gasteiger partial charge >= 0.3 is 0 Å². The molecule has 0 radical (unpaired) electrons. The van der Waals surface area contributed by atoms with Gasteiger partial charge in [0.2, 0.25) is 5.91 Å². The molecule has 0 spiro atoms. The van der Waals surface area contributed by atoms with Gasteiger partial charge in [0.1, 0.15) is 12.3 Å². The van der Waals surface area contributed by atoms with Crippen LogP contribution in [0.25, 0.3) is 0 Å². The van der Waals surface area contributed by atoms with Gasteiger partial charge in [-0.05, 0) is 23.8 Å². The molecule has 0 fully saturated rings. The normalized spacial score (nSPS) is 12.4. The number of nitrogens with two attached hydrogens (primary N) is 2. The second kappa shape index (κ2) is 5.18. The molecule has 0 aliphatic rings. The highest BCUT2D eigenvalue weighted by Crippen LogP contribution is 2.14.